The number of benzene rings is 2. The van der Waals surface area contributed by atoms with Gasteiger partial charge in [-0.15, -0.1) is 0 Å². The highest BCUT2D eigenvalue weighted by Gasteiger charge is 2.27. The maximum Gasteiger partial charge on any atom is 0.326 e. The monoisotopic (exact) mass is 523 g/mol. The van der Waals surface area contributed by atoms with Crippen molar-refractivity contribution in [3.05, 3.63) is 65.9 Å². The molecule has 0 saturated heterocycles. The summed E-state index contributed by atoms with van der Waals surface area (Å²) in [6, 6.07) is 10.5. The molecule has 1 aromatic heterocycles. The van der Waals surface area contributed by atoms with E-state index in [-0.39, 0.29) is 24.5 Å². The number of H-pyrrole nitrogens is 1. The summed E-state index contributed by atoms with van der Waals surface area (Å²) in [4.78, 5) is 52.9. The average Bonchev–Trinajstić information content (AvgIpc) is 3.29. The van der Waals surface area contributed by atoms with Crippen LogP contribution >= 0.6 is 0 Å². The molecule has 38 heavy (non-hydrogen) atoms. The predicted molar refractivity (Wildman–Crippen MR) is 141 cm³/mol. The smallest absolute Gasteiger partial charge is 0.326 e. The van der Waals surface area contributed by atoms with E-state index in [1.807, 2.05) is 24.3 Å². The normalized spacial score (nSPS) is 13.5. The first-order chi connectivity index (χ1) is 18.0. The Kier molecular flexibility index (Phi) is 9.44. The fourth-order valence-electron chi connectivity index (χ4n) is 3.90. The minimum atomic E-state index is -1.21. The van der Waals surface area contributed by atoms with E-state index in [9.17, 15) is 29.4 Å². The largest absolute Gasteiger partial charge is 0.508 e. The summed E-state index contributed by atoms with van der Waals surface area (Å²) >= 11 is 0. The van der Waals surface area contributed by atoms with E-state index in [0.29, 0.717) is 5.56 Å². The molecule has 8 N–H and O–H groups in total. The van der Waals surface area contributed by atoms with Crippen LogP contribution in [0.4, 0.5) is 0 Å². The molecule has 0 spiro atoms. The van der Waals surface area contributed by atoms with Crippen LogP contribution in [0.2, 0.25) is 0 Å². The average molecular weight is 524 g/mol. The van der Waals surface area contributed by atoms with Crippen LogP contribution in [0.3, 0.4) is 0 Å². The van der Waals surface area contributed by atoms with Gasteiger partial charge in [-0.2, -0.15) is 0 Å². The van der Waals surface area contributed by atoms with E-state index in [0.717, 1.165) is 16.5 Å². The lowest BCUT2D eigenvalue weighted by atomic mass is 10.0. The van der Waals surface area contributed by atoms with Gasteiger partial charge in [-0.1, -0.05) is 44.2 Å². The van der Waals surface area contributed by atoms with Gasteiger partial charge in [0.25, 0.3) is 0 Å². The van der Waals surface area contributed by atoms with Crippen molar-refractivity contribution in [2.75, 3.05) is 6.54 Å². The molecule has 0 fully saturated rings. The van der Waals surface area contributed by atoms with Crippen LogP contribution in [0, 0.1) is 5.92 Å². The minimum Gasteiger partial charge on any atom is -0.508 e. The third-order valence-corrected chi connectivity index (χ3v) is 6.19. The van der Waals surface area contributed by atoms with Gasteiger partial charge in [-0.25, -0.2) is 4.79 Å². The number of carbonyl (C=O) groups excluding carboxylic acids is 3. The molecule has 202 valence electrons. The van der Waals surface area contributed by atoms with Crippen LogP contribution < -0.4 is 21.7 Å². The molecule has 0 radical (unpaired) electrons. The molecule has 2 aromatic carbocycles. The number of aliphatic carboxylic acids is 1. The zero-order valence-corrected chi connectivity index (χ0v) is 21.2. The summed E-state index contributed by atoms with van der Waals surface area (Å²) in [5.74, 6) is -3.18. The van der Waals surface area contributed by atoms with Crippen LogP contribution in [0.5, 0.6) is 5.75 Å². The topological polar surface area (TPSA) is 187 Å². The van der Waals surface area contributed by atoms with Crippen LogP contribution in [0.1, 0.15) is 25.0 Å². The number of phenols is 1. The number of hydrogen-bond donors (Lipinski definition) is 7. The summed E-state index contributed by atoms with van der Waals surface area (Å²) in [7, 11) is 0. The fraction of sp³-hybridized carbons (Fsp3) is 0.333. The summed E-state index contributed by atoms with van der Waals surface area (Å²) in [6.07, 6.45) is 1.83. The number of aromatic nitrogens is 1. The van der Waals surface area contributed by atoms with Crippen LogP contribution in [-0.2, 0) is 32.0 Å². The number of aromatic amines is 1. The molecular formula is C27H33N5O6. The van der Waals surface area contributed by atoms with Gasteiger partial charge in [0.05, 0.1) is 12.6 Å². The molecule has 11 nitrogen and oxygen atoms in total. The second-order valence-electron chi connectivity index (χ2n) is 9.44. The third-order valence-electron chi connectivity index (χ3n) is 6.19. The molecule has 0 aliphatic carbocycles. The lowest BCUT2D eigenvalue weighted by Crippen LogP contribution is -2.55. The van der Waals surface area contributed by atoms with Crippen LogP contribution in [0.25, 0.3) is 10.9 Å². The first-order valence-electron chi connectivity index (χ1n) is 12.2. The lowest BCUT2D eigenvalue weighted by molar-refractivity contribution is -0.141. The first-order valence-corrected chi connectivity index (χ1v) is 12.2. The van der Waals surface area contributed by atoms with Crippen molar-refractivity contribution < 1.29 is 29.4 Å². The standard InChI is InChI=1S/C27H33N5O6/c1-15(2)24(28)26(36)32-21(11-16-7-9-18(33)10-8-16)25(35)30-14-23(34)31-22(27(37)38)12-17-13-29-20-6-4-3-5-19(17)20/h3-10,13,15,21-22,24,29,33H,11-12,14,28H2,1-2H3,(H,30,35)(H,31,34)(H,32,36)(H,37,38). The SMILES string of the molecule is CC(C)C(N)C(=O)NC(Cc1ccc(O)cc1)C(=O)NCC(=O)NC(Cc1c[nH]c2ccccc12)C(=O)O. The second kappa shape index (κ2) is 12.7. The molecule has 0 aliphatic rings. The van der Waals surface area contributed by atoms with Crippen molar-refractivity contribution in [3.8, 4) is 5.75 Å². The highest BCUT2D eigenvalue weighted by Crippen LogP contribution is 2.19. The van der Waals surface area contributed by atoms with Crippen molar-refractivity contribution in [3.63, 3.8) is 0 Å². The maximum absolute atomic E-state index is 13.0. The number of carboxylic acid groups (broad SMARTS) is 1. The molecule has 3 unspecified atom stereocenters. The number of amides is 3. The Morgan fingerprint density at radius 2 is 1.61 bits per heavy atom. The fourth-order valence-corrected chi connectivity index (χ4v) is 3.90. The number of carboxylic acids is 1. The van der Waals surface area contributed by atoms with Crippen molar-refractivity contribution in [2.45, 2.75) is 44.8 Å². The molecule has 0 saturated carbocycles. The van der Waals surface area contributed by atoms with Gasteiger partial charge < -0.3 is 36.9 Å². The van der Waals surface area contributed by atoms with Crippen molar-refractivity contribution >= 4 is 34.6 Å². The Hall–Kier alpha value is -4.38. The Labute approximate surface area is 219 Å². The molecule has 3 rings (SSSR count). The summed E-state index contributed by atoms with van der Waals surface area (Å²) < 4.78 is 0. The van der Waals surface area contributed by atoms with Crippen molar-refractivity contribution in [1.29, 1.82) is 0 Å². The second-order valence-corrected chi connectivity index (χ2v) is 9.44. The number of phenolic OH excluding ortho intramolecular Hbond substituents is 1. The van der Waals surface area contributed by atoms with Gasteiger partial charge in [0.2, 0.25) is 17.7 Å². The number of aromatic hydroxyl groups is 1. The Bertz CT molecular complexity index is 1290. The highest BCUT2D eigenvalue weighted by molar-refractivity contribution is 5.93. The number of fused-ring (bicyclic) bond motifs is 1. The quantitative estimate of drug-likeness (QED) is 0.183. The summed E-state index contributed by atoms with van der Waals surface area (Å²) in [5.41, 5.74) is 8.16. The number of nitrogens with two attached hydrogens (primary N) is 1. The van der Waals surface area contributed by atoms with Gasteiger partial charge >= 0.3 is 5.97 Å². The zero-order chi connectivity index (χ0) is 27.8. The first kappa shape index (κ1) is 28.2. The van der Waals surface area contributed by atoms with Gasteiger partial charge in [0.1, 0.15) is 17.8 Å². The molecule has 0 aliphatic heterocycles. The summed E-state index contributed by atoms with van der Waals surface area (Å²) in [6.45, 7) is 3.06. The van der Waals surface area contributed by atoms with Crippen LogP contribution in [0.15, 0.2) is 54.7 Å². The zero-order valence-electron chi connectivity index (χ0n) is 21.2. The Balaban J connectivity index is 1.63. The lowest BCUT2D eigenvalue weighted by Gasteiger charge is -2.22. The number of rotatable bonds is 12. The van der Waals surface area contributed by atoms with Gasteiger partial charge in [-0.05, 0) is 35.2 Å². The number of nitrogens with one attached hydrogen (secondary N) is 4. The maximum atomic E-state index is 13.0. The van der Waals surface area contributed by atoms with E-state index in [1.54, 1.807) is 32.2 Å². The molecule has 11 heteroatoms. The molecule has 1 heterocycles. The number of para-hydroxylation sites is 1. The van der Waals surface area contributed by atoms with Gasteiger partial charge in [0.15, 0.2) is 0 Å². The Morgan fingerprint density at radius 3 is 2.26 bits per heavy atom. The van der Waals surface area contributed by atoms with Crippen LogP contribution in [-0.4, -0.2) is 63.6 Å². The predicted octanol–water partition coefficient (Wildman–Crippen LogP) is 0.812. The highest BCUT2D eigenvalue weighted by atomic mass is 16.4. The number of hydrogen-bond acceptors (Lipinski definition) is 6. The van der Waals surface area contributed by atoms with Crippen molar-refractivity contribution in [1.82, 2.24) is 20.9 Å². The third kappa shape index (κ3) is 7.56. The molecular weight excluding hydrogens is 490 g/mol. The van der Waals surface area contributed by atoms with E-state index in [2.05, 4.69) is 20.9 Å². The molecule has 3 aromatic rings. The molecule has 0 bridgehead atoms. The summed E-state index contributed by atoms with van der Waals surface area (Å²) in [5, 5.41) is 27.5. The Morgan fingerprint density at radius 1 is 0.921 bits per heavy atom. The van der Waals surface area contributed by atoms with Crippen molar-refractivity contribution in [2.24, 2.45) is 11.7 Å². The molecule has 3 atom stereocenters. The van der Waals surface area contributed by atoms with Gasteiger partial charge in [-0.3, -0.25) is 14.4 Å². The molecule has 3 amide bonds. The van der Waals surface area contributed by atoms with E-state index in [1.165, 1.54) is 12.1 Å². The van der Waals surface area contributed by atoms with Gasteiger partial charge in [0, 0.05) is 29.9 Å². The van der Waals surface area contributed by atoms with E-state index >= 15 is 0 Å². The number of carbonyl (C=O) groups is 4. The van der Waals surface area contributed by atoms with E-state index < -0.39 is 48.4 Å². The minimum absolute atomic E-state index is 0.0473. The van der Waals surface area contributed by atoms with E-state index in [4.69, 9.17) is 5.73 Å².